The first-order chi connectivity index (χ1) is 11.7. The number of aromatic nitrogens is 1. The summed E-state index contributed by atoms with van der Waals surface area (Å²) in [5.74, 6) is -1.45. The zero-order valence-electron chi connectivity index (χ0n) is 13.3. The van der Waals surface area contributed by atoms with E-state index in [1.165, 1.54) is 0 Å². The van der Waals surface area contributed by atoms with Crippen molar-refractivity contribution in [2.75, 3.05) is 17.7 Å². The minimum Gasteiger partial charge on any atom is -0.451 e. The second-order valence-corrected chi connectivity index (χ2v) is 6.35. The lowest BCUT2D eigenvalue weighted by atomic mass is 10.1. The number of pyridine rings is 1. The molecule has 1 aromatic carbocycles. The van der Waals surface area contributed by atoms with Crippen molar-refractivity contribution in [3.05, 3.63) is 50.2 Å². The lowest BCUT2D eigenvalue weighted by molar-refractivity contribution is -0.119. The van der Waals surface area contributed by atoms with Gasteiger partial charge in [0.1, 0.15) is 5.02 Å². The van der Waals surface area contributed by atoms with Crippen molar-refractivity contribution in [3.63, 3.8) is 0 Å². The fourth-order valence-corrected chi connectivity index (χ4v) is 2.51. The minimum absolute atomic E-state index is 0.0594. The minimum atomic E-state index is -0.939. The number of nitrogens with two attached hydrogens (primary N) is 1. The number of ether oxygens (including phenoxy) is 1. The number of amides is 1. The molecule has 0 unspecified atom stereocenters. The number of carbonyl (C=O) groups is 2. The zero-order valence-corrected chi connectivity index (χ0v) is 15.6. The molecule has 0 spiro atoms. The van der Waals surface area contributed by atoms with Crippen molar-refractivity contribution in [1.82, 2.24) is 4.98 Å². The van der Waals surface area contributed by atoms with E-state index in [9.17, 15) is 9.59 Å². The summed E-state index contributed by atoms with van der Waals surface area (Å²) in [4.78, 5) is 27.8. The van der Waals surface area contributed by atoms with Crippen molar-refractivity contribution < 1.29 is 14.3 Å². The van der Waals surface area contributed by atoms with E-state index in [-0.39, 0.29) is 26.6 Å². The Morgan fingerprint density at radius 3 is 2.56 bits per heavy atom. The molecule has 0 aliphatic carbocycles. The monoisotopic (exact) mass is 401 g/mol. The van der Waals surface area contributed by atoms with Gasteiger partial charge in [0.25, 0.3) is 5.91 Å². The maximum Gasteiger partial charge on any atom is 0.359 e. The number of aryl methyl sites for hydroxylation is 2. The molecule has 0 atom stereocenters. The van der Waals surface area contributed by atoms with Crippen LogP contribution in [0.5, 0.6) is 0 Å². The fourth-order valence-electron chi connectivity index (χ4n) is 1.92. The average molecular weight is 403 g/mol. The highest BCUT2D eigenvalue weighted by Gasteiger charge is 2.21. The molecule has 0 saturated carbocycles. The van der Waals surface area contributed by atoms with E-state index in [0.717, 1.165) is 11.1 Å². The van der Waals surface area contributed by atoms with E-state index < -0.39 is 18.5 Å². The van der Waals surface area contributed by atoms with Gasteiger partial charge in [-0.05, 0) is 31.0 Å². The smallest absolute Gasteiger partial charge is 0.359 e. The normalized spacial score (nSPS) is 10.4. The Bertz CT molecular complexity index is 856. The number of halogens is 3. The molecule has 6 nitrogen and oxygen atoms in total. The summed E-state index contributed by atoms with van der Waals surface area (Å²) in [7, 11) is 0. The molecule has 25 heavy (non-hydrogen) atoms. The number of benzene rings is 1. The third kappa shape index (κ3) is 4.54. The summed E-state index contributed by atoms with van der Waals surface area (Å²) in [5, 5.41) is 2.23. The van der Waals surface area contributed by atoms with Crippen molar-refractivity contribution in [1.29, 1.82) is 0 Å². The molecule has 1 heterocycles. The highest BCUT2D eigenvalue weighted by Crippen LogP contribution is 2.34. The van der Waals surface area contributed by atoms with Gasteiger partial charge >= 0.3 is 5.97 Å². The molecule has 132 valence electrons. The third-order valence-corrected chi connectivity index (χ3v) is 4.40. The van der Waals surface area contributed by atoms with E-state index in [1.807, 2.05) is 32.0 Å². The summed E-state index contributed by atoms with van der Waals surface area (Å²) in [5.41, 5.74) is 7.74. The molecule has 0 bridgehead atoms. The predicted octanol–water partition coefficient (Wildman–Crippen LogP) is 4.04. The topological polar surface area (TPSA) is 94.3 Å². The molecule has 3 N–H and O–H groups in total. The summed E-state index contributed by atoms with van der Waals surface area (Å²) in [6, 6.07) is 5.61. The largest absolute Gasteiger partial charge is 0.451 e. The Morgan fingerprint density at radius 2 is 1.88 bits per heavy atom. The van der Waals surface area contributed by atoms with Crippen molar-refractivity contribution in [2.45, 2.75) is 13.8 Å². The maximum absolute atomic E-state index is 12.1. The van der Waals surface area contributed by atoms with E-state index >= 15 is 0 Å². The highest BCUT2D eigenvalue weighted by atomic mass is 35.5. The van der Waals surface area contributed by atoms with Gasteiger partial charge in [-0.3, -0.25) is 4.79 Å². The van der Waals surface area contributed by atoms with Gasteiger partial charge in [-0.15, -0.1) is 0 Å². The summed E-state index contributed by atoms with van der Waals surface area (Å²) in [6.07, 6.45) is 0. The Kier molecular flexibility index (Phi) is 6.11. The Balaban J connectivity index is 2.05. The molecule has 1 aromatic heterocycles. The van der Waals surface area contributed by atoms with Crippen LogP contribution in [0.4, 0.5) is 11.4 Å². The van der Waals surface area contributed by atoms with Gasteiger partial charge in [0.2, 0.25) is 0 Å². The van der Waals surface area contributed by atoms with Crippen LogP contribution >= 0.6 is 34.8 Å². The quantitative estimate of drug-likeness (QED) is 0.594. The molecule has 2 aromatic rings. The first kappa shape index (κ1) is 19.3. The van der Waals surface area contributed by atoms with Crippen molar-refractivity contribution in [2.24, 2.45) is 0 Å². The Morgan fingerprint density at radius 1 is 1.20 bits per heavy atom. The molecular formula is C16H14Cl3N3O3. The number of hydrogen-bond donors (Lipinski definition) is 2. The average Bonchev–Trinajstić information content (AvgIpc) is 2.57. The number of nitrogens with zero attached hydrogens (tertiary/aromatic N) is 1. The molecule has 0 aliphatic rings. The van der Waals surface area contributed by atoms with Crippen LogP contribution < -0.4 is 11.1 Å². The number of nitrogens with one attached hydrogen (secondary N) is 1. The SMILES string of the molecule is Cc1ccc(C)c(NC(=O)COC(=O)c2nc(Cl)c(Cl)c(N)c2Cl)c1. The fraction of sp³-hybridized carbons (Fsp3) is 0.188. The van der Waals surface area contributed by atoms with Gasteiger partial charge in [0.15, 0.2) is 17.5 Å². The molecule has 0 aliphatic heterocycles. The molecule has 0 saturated heterocycles. The molecular weight excluding hydrogens is 389 g/mol. The first-order valence-electron chi connectivity index (χ1n) is 7.05. The van der Waals surface area contributed by atoms with Crippen LogP contribution in [0.1, 0.15) is 21.6 Å². The number of nitrogen functional groups attached to an aromatic ring is 1. The number of anilines is 2. The summed E-state index contributed by atoms with van der Waals surface area (Å²) < 4.78 is 4.91. The lowest BCUT2D eigenvalue weighted by Crippen LogP contribution is -2.22. The molecule has 0 radical (unpaired) electrons. The van der Waals surface area contributed by atoms with Gasteiger partial charge in [0, 0.05) is 5.69 Å². The zero-order chi connectivity index (χ0) is 18.7. The highest BCUT2D eigenvalue weighted by molar-refractivity contribution is 6.46. The van der Waals surface area contributed by atoms with Gasteiger partial charge < -0.3 is 15.8 Å². The van der Waals surface area contributed by atoms with Crippen molar-refractivity contribution in [3.8, 4) is 0 Å². The van der Waals surface area contributed by atoms with E-state index in [2.05, 4.69) is 10.3 Å². The number of esters is 1. The lowest BCUT2D eigenvalue weighted by Gasteiger charge is -2.11. The van der Waals surface area contributed by atoms with Crippen LogP contribution in [-0.2, 0) is 9.53 Å². The second kappa shape index (κ2) is 7.91. The molecule has 0 fully saturated rings. The van der Waals surface area contributed by atoms with Crippen LogP contribution in [0.15, 0.2) is 18.2 Å². The van der Waals surface area contributed by atoms with Gasteiger partial charge in [0.05, 0.1) is 10.7 Å². The Hall–Kier alpha value is -2.02. The van der Waals surface area contributed by atoms with Crippen LogP contribution in [0.2, 0.25) is 15.2 Å². The maximum atomic E-state index is 12.1. The van der Waals surface area contributed by atoms with E-state index in [1.54, 1.807) is 0 Å². The van der Waals surface area contributed by atoms with Crippen LogP contribution in [0.25, 0.3) is 0 Å². The van der Waals surface area contributed by atoms with Gasteiger partial charge in [-0.25, -0.2) is 9.78 Å². The Labute approximate surface area is 159 Å². The molecule has 1 amide bonds. The number of carbonyl (C=O) groups excluding carboxylic acids is 2. The number of rotatable bonds is 4. The molecule has 9 heteroatoms. The van der Waals surface area contributed by atoms with Gasteiger partial charge in [-0.1, -0.05) is 46.9 Å². The van der Waals surface area contributed by atoms with Gasteiger partial charge in [-0.2, -0.15) is 0 Å². The van der Waals surface area contributed by atoms with Crippen LogP contribution in [0.3, 0.4) is 0 Å². The third-order valence-electron chi connectivity index (χ3n) is 3.27. The van der Waals surface area contributed by atoms with Crippen LogP contribution in [-0.4, -0.2) is 23.5 Å². The summed E-state index contributed by atoms with van der Waals surface area (Å²) in [6.45, 7) is 3.23. The van der Waals surface area contributed by atoms with E-state index in [4.69, 9.17) is 45.3 Å². The van der Waals surface area contributed by atoms with E-state index in [0.29, 0.717) is 5.69 Å². The standard InChI is InChI=1S/C16H14Cl3N3O3/c1-7-3-4-8(2)9(5-7)21-10(23)6-25-16(24)14-11(17)13(20)12(18)15(19)22-14/h3-5H,6H2,1-2H3,(H2,20,22)(H,21,23). The van der Waals surface area contributed by atoms with Crippen molar-refractivity contribution >= 4 is 58.1 Å². The number of hydrogen-bond acceptors (Lipinski definition) is 5. The summed E-state index contributed by atoms with van der Waals surface area (Å²) >= 11 is 17.5. The van der Waals surface area contributed by atoms with Crippen LogP contribution in [0, 0.1) is 13.8 Å². The molecule has 2 rings (SSSR count). The first-order valence-corrected chi connectivity index (χ1v) is 8.18. The predicted molar refractivity (Wildman–Crippen MR) is 98.5 cm³/mol. The second-order valence-electron chi connectivity index (χ2n) is 5.24.